The summed E-state index contributed by atoms with van der Waals surface area (Å²) in [5.74, 6) is 4.76. The summed E-state index contributed by atoms with van der Waals surface area (Å²) in [6, 6.07) is 26.0. The van der Waals surface area contributed by atoms with Crippen molar-refractivity contribution in [2.75, 3.05) is 0 Å². The maximum absolute atomic E-state index is 6.81. The number of aromatic nitrogens is 4. The van der Waals surface area contributed by atoms with E-state index in [9.17, 15) is 0 Å². The Morgan fingerprint density at radius 2 is 1.65 bits per heavy atom. The molecule has 0 fully saturated rings. The normalized spacial score (nSPS) is 18.2. The molecule has 5 heteroatoms. The number of ether oxygens (including phenoxy) is 1. The first-order valence-corrected chi connectivity index (χ1v) is 18.9. The van der Waals surface area contributed by atoms with E-state index >= 15 is 0 Å². The van der Waals surface area contributed by atoms with Crippen LogP contribution in [0.1, 0.15) is 102 Å². The molecule has 5 nitrogen and oxygen atoms in total. The van der Waals surface area contributed by atoms with Gasteiger partial charge < -0.3 is 4.74 Å². The summed E-state index contributed by atoms with van der Waals surface area (Å²) in [5.41, 5.74) is 10.8. The van der Waals surface area contributed by atoms with Gasteiger partial charge in [-0.25, -0.2) is 9.67 Å². The summed E-state index contributed by atoms with van der Waals surface area (Å²) in [4.78, 5) is 4.84. The summed E-state index contributed by atoms with van der Waals surface area (Å²) in [6.07, 6.45) is 7.80. The molecule has 264 valence electrons. The lowest BCUT2D eigenvalue weighted by molar-refractivity contribution is 0.317. The molecule has 0 spiro atoms. The molecule has 0 saturated carbocycles. The van der Waals surface area contributed by atoms with Crippen molar-refractivity contribution in [2.45, 2.75) is 99.8 Å². The first-order valence-electron chi connectivity index (χ1n) is 18.9. The van der Waals surface area contributed by atoms with E-state index in [-0.39, 0.29) is 5.41 Å². The molecule has 6 aromatic rings. The van der Waals surface area contributed by atoms with Crippen molar-refractivity contribution in [3.63, 3.8) is 0 Å². The van der Waals surface area contributed by atoms with E-state index in [1.54, 1.807) is 0 Å². The molecule has 1 aliphatic rings. The van der Waals surface area contributed by atoms with Crippen LogP contribution >= 0.6 is 0 Å². The van der Waals surface area contributed by atoms with Gasteiger partial charge in [0.05, 0.1) is 22.4 Å². The SMILES string of the molecule is CCCc1ccnc(-n2c3ccccc3c3ccc(Oc4cc(-n5nc(C)c(C6C(C)=C[C@H](C(C)C)C[C@@H]6C)c5C)cc(C(C)(C)C)c4)cc32)c1. The third-order valence-corrected chi connectivity index (χ3v) is 11.2. The lowest BCUT2D eigenvalue weighted by Gasteiger charge is -2.35. The quantitative estimate of drug-likeness (QED) is 0.151. The first-order chi connectivity index (χ1) is 24.3. The summed E-state index contributed by atoms with van der Waals surface area (Å²) in [7, 11) is 0. The second-order valence-electron chi connectivity index (χ2n) is 16.4. The van der Waals surface area contributed by atoms with E-state index < -0.39 is 0 Å². The van der Waals surface area contributed by atoms with E-state index in [0.29, 0.717) is 23.7 Å². The third kappa shape index (κ3) is 6.52. The van der Waals surface area contributed by atoms with Crippen LogP contribution in [-0.4, -0.2) is 19.3 Å². The number of pyridine rings is 1. The van der Waals surface area contributed by atoms with Crippen LogP contribution in [-0.2, 0) is 11.8 Å². The largest absolute Gasteiger partial charge is 0.457 e. The number of nitrogens with zero attached hydrogens (tertiary/aromatic N) is 4. The molecule has 1 unspecified atom stereocenters. The molecule has 3 heterocycles. The Kier molecular flexibility index (Phi) is 9.20. The number of hydrogen-bond acceptors (Lipinski definition) is 3. The van der Waals surface area contributed by atoms with Crippen LogP contribution in [0.5, 0.6) is 11.5 Å². The number of benzene rings is 3. The van der Waals surface area contributed by atoms with Gasteiger partial charge in [0.2, 0.25) is 0 Å². The Balaban J connectivity index is 1.31. The molecule has 0 radical (unpaired) electrons. The highest BCUT2D eigenvalue weighted by atomic mass is 16.5. The van der Waals surface area contributed by atoms with E-state index in [1.807, 2.05) is 6.20 Å². The van der Waals surface area contributed by atoms with Crippen LogP contribution in [0.15, 0.2) is 90.6 Å². The Bertz CT molecular complexity index is 2260. The van der Waals surface area contributed by atoms with Crippen molar-refractivity contribution in [3.05, 3.63) is 119 Å². The van der Waals surface area contributed by atoms with Crippen LogP contribution < -0.4 is 4.74 Å². The number of para-hydroxylation sites is 1. The van der Waals surface area contributed by atoms with Crippen LogP contribution in [0.3, 0.4) is 0 Å². The van der Waals surface area contributed by atoms with Gasteiger partial charge in [-0.1, -0.05) is 84.7 Å². The average molecular weight is 679 g/mol. The minimum Gasteiger partial charge on any atom is -0.457 e. The summed E-state index contributed by atoms with van der Waals surface area (Å²) >= 11 is 0. The minimum atomic E-state index is -0.0817. The van der Waals surface area contributed by atoms with Crippen LogP contribution in [0, 0.1) is 31.6 Å². The van der Waals surface area contributed by atoms with Gasteiger partial charge in [-0.15, -0.1) is 0 Å². The number of aryl methyl sites for hydroxylation is 2. The van der Waals surface area contributed by atoms with Crippen molar-refractivity contribution in [1.29, 1.82) is 0 Å². The van der Waals surface area contributed by atoms with Crippen molar-refractivity contribution in [1.82, 2.24) is 19.3 Å². The van der Waals surface area contributed by atoms with Crippen molar-refractivity contribution >= 4 is 21.8 Å². The molecule has 7 rings (SSSR count). The highest BCUT2D eigenvalue weighted by molar-refractivity contribution is 6.09. The zero-order valence-corrected chi connectivity index (χ0v) is 32.2. The fourth-order valence-corrected chi connectivity index (χ4v) is 8.48. The Morgan fingerprint density at radius 1 is 0.882 bits per heavy atom. The summed E-state index contributed by atoms with van der Waals surface area (Å²) < 4.78 is 11.2. The van der Waals surface area contributed by atoms with E-state index in [4.69, 9.17) is 14.8 Å². The molecule has 0 aliphatic heterocycles. The lowest BCUT2D eigenvalue weighted by atomic mass is 9.69. The average Bonchev–Trinajstić information content (AvgIpc) is 3.57. The minimum absolute atomic E-state index is 0.0817. The second-order valence-corrected chi connectivity index (χ2v) is 16.4. The van der Waals surface area contributed by atoms with E-state index in [2.05, 4.69) is 157 Å². The number of hydrogen-bond donors (Lipinski definition) is 0. The zero-order chi connectivity index (χ0) is 36.2. The third-order valence-electron chi connectivity index (χ3n) is 11.2. The standard InChI is InChI=1S/C46H54N4O/c1-11-14-33-19-20-47-43(23-33)49-41-16-13-12-15-39(41)40-18-17-37(27-42(40)49)51-38-25-35(46(8,9)10)24-36(26-38)50-32(7)45(31(6)48-50)44-29(4)21-34(28(2)3)22-30(44)5/h12-13,15-21,23-28,30,34,44H,11,14,22H2,1-10H3/t30-,34-,44?/m0/s1. The van der Waals surface area contributed by atoms with Crippen LogP contribution in [0.4, 0.5) is 0 Å². The first kappa shape index (κ1) is 34.8. The molecule has 0 saturated heterocycles. The lowest BCUT2D eigenvalue weighted by Crippen LogP contribution is -2.24. The van der Waals surface area contributed by atoms with E-state index in [1.165, 1.54) is 45.2 Å². The highest BCUT2D eigenvalue weighted by Crippen LogP contribution is 2.45. The van der Waals surface area contributed by atoms with E-state index in [0.717, 1.165) is 52.6 Å². The van der Waals surface area contributed by atoms with Gasteiger partial charge in [0.25, 0.3) is 0 Å². The summed E-state index contributed by atoms with van der Waals surface area (Å²) in [5, 5.41) is 7.59. The highest BCUT2D eigenvalue weighted by Gasteiger charge is 2.33. The predicted octanol–water partition coefficient (Wildman–Crippen LogP) is 12.4. The molecule has 1 aliphatic carbocycles. The fourth-order valence-electron chi connectivity index (χ4n) is 8.48. The van der Waals surface area contributed by atoms with Gasteiger partial charge in [0, 0.05) is 46.3 Å². The predicted molar refractivity (Wildman–Crippen MR) is 213 cm³/mol. The Morgan fingerprint density at radius 3 is 2.37 bits per heavy atom. The van der Waals surface area contributed by atoms with Crippen molar-refractivity contribution < 1.29 is 4.74 Å². The Hall–Kier alpha value is -4.64. The van der Waals surface area contributed by atoms with Gasteiger partial charge in [0.15, 0.2) is 0 Å². The zero-order valence-electron chi connectivity index (χ0n) is 32.2. The van der Waals surface area contributed by atoms with Crippen molar-refractivity contribution in [3.8, 4) is 23.0 Å². The topological polar surface area (TPSA) is 44.9 Å². The molecule has 0 bridgehead atoms. The molecule has 3 aromatic heterocycles. The van der Waals surface area contributed by atoms with Gasteiger partial charge in [-0.3, -0.25) is 4.57 Å². The molecule has 3 aromatic carbocycles. The van der Waals surface area contributed by atoms with Gasteiger partial charge in [-0.2, -0.15) is 5.10 Å². The number of allylic oxidation sites excluding steroid dienone is 2. The van der Waals surface area contributed by atoms with Crippen LogP contribution in [0.2, 0.25) is 0 Å². The van der Waals surface area contributed by atoms with Gasteiger partial charge >= 0.3 is 0 Å². The number of fused-ring (bicyclic) bond motifs is 3. The van der Waals surface area contributed by atoms with Gasteiger partial charge in [-0.05, 0) is 110 Å². The monoisotopic (exact) mass is 678 g/mol. The Labute approximate surface area is 304 Å². The fraction of sp³-hybridized carbons (Fsp3) is 0.391. The molecular weight excluding hydrogens is 625 g/mol. The molecular formula is C46H54N4O. The molecule has 3 atom stereocenters. The van der Waals surface area contributed by atoms with Crippen LogP contribution in [0.25, 0.3) is 33.3 Å². The maximum atomic E-state index is 6.81. The number of rotatable bonds is 8. The molecule has 0 N–H and O–H groups in total. The second kappa shape index (κ2) is 13.5. The molecule has 0 amide bonds. The maximum Gasteiger partial charge on any atom is 0.137 e. The smallest absolute Gasteiger partial charge is 0.137 e. The van der Waals surface area contributed by atoms with Gasteiger partial charge in [0.1, 0.15) is 17.3 Å². The molecule has 51 heavy (non-hydrogen) atoms. The van der Waals surface area contributed by atoms with Crippen molar-refractivity contribution in [2.24, 2.45) is 17.8 Å². The summed E-state index contributed by atoms with van der Waals surface area (Å²) in [6.45, 7) is 22.9.